The Hall–Kier alpha value is -2.14. The third-order valence-electron chi connectivity index (χ3n) is 1.95. The smallest absolute Gasteiger partial charge is 0.168 e. The summed E-state index contributed by atoms with van der Waals surface area (Å²) in [6.07, 6.45) is 1.49. The number of anilines is 1. The van der Waals surface area contributed by atoms with Gasteiger partial charge in [-0.15, -0.1) is 10.2 Å². The number of rotatable bonds is 3. The molecule has 0 unspecified atom stereocenters. The van der Waals surface area contributed by atoms with E-state index in [1.54, 1.807) is 30.3 Å². The minimum absolute atomic E-state index is 0.167. The van der Waals surface area contributed by atoms with Gasteiger partial charge in [-0.25, -0.2) is 0 Å². The van der Waals surface area contributed by atoms with Crippen LogP contribution in [0.4, 0.5) is 5.82 Å². The zero-order chi connectivity index (χ0) is 12.1. The van der Waals surface area contributed by atoms with Crippen molar-refractivity contribution in [2.75, 3.05) is 5.43 Å². The lowest BCUT2D eigenvalue weighted by molar-refractivity contribution is 0.474. The van der Waals surface area contributed by atoms with Crippen molar-refractivity contribution in [3.63, 3.8) is 0 Å². The predicted octanol–water partition coefficient (Wildman–Crippen LogP) is 2.28. The van der Waals surface area contributed by atoms with Crippen LogP contribution in [0, 0.1) is 0 Å². The Bertz CT molecular complexity index is 527. The van der Waals surface area contributed by atoms with E-state index in [1.807, 2.05) is 6.07 Å². The summed E-state index contributed by atoms with van der Waals surface area (Å²) in [6.45, 7) is 0. The molecule has 1 heterocycles. The molecule has 5 nitrogen and oxygen atoms in total. The normalized spacial score (nSPS) is 10.6. The average Bonchev–Trinajstić information content (AvgIpc) is 2.34. The maximum atomic E-state index is 9.48. The maximum Gasteiger partial charge on any atom is 0.168 e. The molecule has 6 heteroatoms. The molecule has 0 aliphatic carbocycles. The summed E-state index contributed by atoms with van der Waals surface area (Å²) in [6, 6.07) is 10.1. The molecule has 2 N–H and O–H groups in total. The quantitative estimate of drug-likeness (QED) is 0.646. The van der Waals surface area contributed by atoms with Crippen molar-refractivity contribution in [1.29, 1.82) is 0 Å². The molecular weight excluding hydrogens is 240 g/mol. The number of hydrogen-bond acceptors (Lipinski definition) is 5. The zero-order valence-electron chi connectivity index (χ0n) is 8.71. The molecule has 0 amide bonds. The topological polar surface area (TPSA) is 70.4 Å². The van der Waals surface area contributed by atoms with Crippen LogP contribution in [-0.4, -0.2) is 21.5 Å². The second-order valence-electron chi connectivity index (χ2n) is 3.17. The number of aromatic nitrogens is 2. The molecule has 1 aromatic carbocycles. The van der Waals surface area contributed by atoms with Gasteiger partial charge in [0.15, 0.2) is 11.0 Å². The first-order valence-electron chi connectivity index (χ1n) is 4.82. The third-order valence-corrected chi connectivity index (χ3v) is 2.15. The van der Waals surface area contributed by atoms with Crippen molar-refractivity contribution in [1.82, 2.24) is 10.2 Å². The molecule has 0 aliphatic heterocycles. The summed E-state index contributed by atoms with van der Waals surface area (Å²) in [7, 11) is 0. The first-order valence-corrected chi connectivity index (χ1v) is 5.20. The van der Waals surface area contributed by atoms with Gasteiger partial charge in [-0.1, -0.05) is 23.7 Å². The van der Waals surface area contributed by atoms with E-state index in [0.29, 0.717) is 16.5 Å². The van der Waals surface area contributed by atoms with Gasteiger partial charge in [-0.05, 0) is 24.3 Å². The molecule has 0 spiro atoms. The standard InChI is InChI=1S/C11H9ClN4O/c12-10-5-6-11(16-14-10)15-13-7-8-3-1-2-4-9(8)17/h1-7,17H,(H,15,16)/b13-7+. The Labute approximate surface area is 103 Å². The molecule has 2 rings (SSSR count). The van der Waals surface area contributed by atoms with Crippen molar-refractivity contribution in [3.05, 3.63) is 47.1 Å². The lowest BCUT2D eigenvalue weighted by atomic mass is 10.2. The summed E-state index contributed by atoms with van der Waals surface area (Å²) in [5.74, 6) is 0.640. The van der Waals surface area contributed by atoms with Gasteiger partial charge in [0.25, 0.3) is 0 Å². The zero-order valence-corrected chi connectivity index (χ0v) is 9.46. The Balaban J connectivity index is 2.03. The van der Waals surface area contributed by atoms with Gasteiger partial charge < -0.3 is 5.11 Å². The van der Waals surface area contributed by atoms with E-state index in [9.17, 15) is 5.11 Å². The summed E-state index contributed by atoms with van der Waals surface area (Å²) in [5, 5.41) is 21.1. The second-order valence-corrected chi connectivity index (χ2v) is 3.56. The second kappa shape index (κ2) is 5.27. The van der Waals surface area contributed by atoms with Gasteiger partial charge in [-0.3, -0.25) is 5.43 Å². The van der Waals surface area contributed by atoms with Crippen molar-refractivity contribution in [3.8, 4) is 5.75 Å². The van der Waals surface area contributed by atoms with E-state index >= 15 is 0 Å². The molecule has 0 fully saturated rings. The Morgan fingerprint density at radius 2 is 2.00 bits per heavy atom. The molecule has 0 atom stereocenters. The van der Waals surface area contributed by atoms with Gasteiger partial charge in [0, 0.05) is 5.56 Å². The number of aromatic hydroxyl groups is 1. The van der Waals surface area contributed by atoms with Crippen LogP contribution in [-0.2, 0) is 0 Å². The number of para-hydroxylation sites is 1. The van der Waals surface area contributed by atoms with Crippen molar-refractivity contribution in [2.24, 2.45) is 5.10 Å². The molecule has 86 valence electrons. The fourth-order valence-corrected chi connectivity index (χ4v) is 1.24. The number of nitrogens with zero attached hydrogens (tertiary/aromatic N) is 3. The van der Waals surface area contributed by atoms with Gasteiger partial charge >= 0.3 is 0 Å². The SMILES string of the molecule is Oc1ccccc1/C=N/Nc1ccc(Cl)nn1. The van der Waals surface area contributed by atoms with E-state index in [1.165, 1.54) is 6.21 Å². The number of phenols is 1. The number of phenolic OH excluding ortho intramolecular Hbond substituents is 1. The molecule has 0 saturated heterocycles. The van der Waals surface area contributed by atoms with E-state index in [4.69, 9.17) is 11.6 Å². The summed E-state index contributed by atoms with van der Waals surface area (Å²) in [4.78, 5) is 0. The number of nitrogens with one attached hydrogen (secondary N) is 1. The van der Waals surface area contributed by atoms with Crippen molar-refractivity contribution < 1.29 is 5.11 Å². The Morgan fingerprint density at radius 3 is 2.71 bits per heavy atom. The first kappa shape index (κ1) is 11.3. The van der Waals surface area contributed by atoms with Gasteiger partial charge in [0.05, 0.1) is 6.21 Å². The third kappa shape index (κ3) is 3.15. The number of hydrazone groups is 1. The van der Waals surface area contributed by atoms with E-state index in [-0.39, 0.29) is 5.75 Å². The average molecular weight is 249 g/mol. The van der Waals surface area contributed by atoms with Gasteiger partial charge in [-0.2, -0.15) is 5.10 Å². The van der Waals surface area contributed by atoms with Crippen LogP contribution >= 0.6 is 11.6 Å². The Morgan fingerprint density at radius 1 is 1.18 bits per heavy atom. The fraction of sp³-hybridized carbons (Fsp3) is 0. The lowest BCUT2D eigenvalue weighted by Gasteiger charge is -1.98. The molecule has 0 saturated carbocycles. The minimum atomic E-state index is 0.167. The van der Waals surface area contributed by atoms with Crippen LogP contribution < -0.4 is 5.43 Å². The maximum absolute atomic E-state index is 9.48. The van der Waals surface area contributed by atoms with Crippen LogP contribution in [0.2, 0.25) is 5.15 Å². The van der Waals surface area contributed by atoms with E-state index in [2.05, 4.69) is 20.7 Å². The highest BCUT2D eigenvalue weighted by Gasteiger charge is 1.95. The van der Waals surface area contributed by atoms with Crippen LogP contribution in [0.1, 0.15) is 5.56 Å². The van der Waals surface area contributed by atoms with E-state index < -0.39 is 0 Å². The van der Waals surface area contributed by atoms with Gasteiger partial charge in [0.2, 0.25) is 0 Å². The highest BCUT2D eigenvalue weighted by Crippen LogP contribution is 2.13. The van der Waals surface area contributed by atoms with Gasteiger partial charge in [0.1, 0.15) is 5.75 Å². The first-order chi connectivity index (χ1) is 8.25. The molecule has 17 heavy (non-hydrogen) atoms. The van der Waals surface area contributed by atoms with Crippen LogP contribution in [0.3, 0.4) is 0 Å². The van der Waals surface area contributed by atoms with E-state index in [0.717, 1.165) is 0 Å². The minimum Gasteiger partial charge on any atom is -0.507 e. The molecule has 0 aliphatic rings. The van der Waals surface area contributed by atoms with Crippen LogP contribution in [0.25, 0.3) is 0 Å². The molecule has 0 radical (unpaired) electrons. The van der Waals surface area contributed by atoms with Crippen LogP contribution in [0.5, 0.6) is 5.75 Å². The van der Waals surface area contributed by atoms with Crippen molar-refractivity contribution >= 4 is 23.6 Å². The largest absolute Gasteiger partial charge is 0.507 e. The summed E-state index contributed by atoms with van der Waals surface area (Å²) in [5.41, 5.74) is 3.29. The Kier molecular flexibility index (Phi) is 3.52. The number of benzene rings is 1. The molecule has 0 bridgehead atoms. The highest BCUT2D eigenvalue weighted by molar-refractivity contribution is 6.29. The molecule has 1 aromatic heterocycles. The van der Waals surface area contributed by atoms with Crippen LogP contribution in [0.15, 0.2) is 41.5 Å². The number of halogens is 1. The lowest BCUT2D eigenvalue weighted by Crippen LogP contribution is -1.95. The summed E-state index contributed by atoms with van der Waals surface area (Å²) < 4.78 is 0. The fourth-order valence-electron chi connectivity index (χ4n) is 1.14. The van der Waals surface area contributed by atoms with Crippen molar-refractivity contribution in [2.45, 2.75) is 0 Å². The molecular formula is C11H9ClN4O. The highest BCUT2D eigenvalue weighted by atomic mass is 35.5. The predicted molar refractivity (Wildman–Crippen MR) is 66.4 cm³/mol. The molecule has 2 aromatic rings. The number of hydrogen-bond donors (Lipinski definition) is 2. The summed E-state index contributed by atoms with van der Waals surface area (Å²) >= 11 is 5.59. The monoisotopic (exact) mass is 248 g/mol.